The van der Waals surface area contributed by atoms with Gasteiger partial charge in [0.25, 0.3) is 5.69 Å². The number of sulfonamides is 1. The van der Waals surface area contributed by atoms with Gasteiger partial charge in [-0.3, -0.25) is 15.4 Å². The van der Waals surface area contributed by atoms with E-state index >= 15 is 0 Å². The van der Waals surface area contributed by atoms with Gasteiger partial charge in [0, 0.05) is 24.4 Å². The van der Waals surface area contributed by atoms with Crippen LogP contribution < -0.4 is 10.6 Å². The van der Waals surface area contributed by atoms with Crippen molar-refractivity contribution >= 4 is 33.2 Å². The lowest BCUT2D eigenvalue weighted by molar-refractivity contribution is -0.384. The number of nitro benzene ring substituents is 1. The van der Waals surface area contributed by atoms with Crippen molar-refractivity contribution in [2.24, 2.45) is 0 Å². The largest absolute Gasteiger partial charge is 0.345 e. The number of rotatable bonds is 7. The van der Waals surface area contributed by atoms with E-state index in [9.17, 15) is 18.5 Å². The van der Waals surface area contributed by atoms with Crippen LogP contribution in [0.3, 0.4) is 0 Å². The molecule has 3 aromatic rings. The summed E-state index contributed by atoms with van der Waals surface area (Å²) in [5.74, 6) is 0. The molecule has 1 aliphatic heterocycles. The van der Waals surface area contributed by atoms with E-state index in [1.807, 2.05) is 43.5 Å². The second-order valence-corrected chi connectivity index (χ2v) is 10.5. The maximum Gasteiger partial charge on any atom is 0.269 e. The molecule has 0 saturated carbocycles. The summed E-state index contributed by atoms with van der Waals surface area (Å²) in [7, 11) is -3.97. The first-order valence-electron chi connectivity index (χ1n) is 10.3. The lowest BCUT2D eigenvalue weighted by atomic mass is 10.1. The second kappa shape index (κ2) is 9.14. The van der Waals surface area contributed by atoms with Gasteiger partial charge in [-0.05, 0) is 43.0 Å². The van der Waals surface area contributed by atoms with E-state index in [0.717, 1.165) is 11.3 Å². The van der Waals surface area contributed by atoms with Gasteiger partial charge < -0.3 is 5.32 Å². The van der Waals surface area contributed by atoms with E-state index < -0.39 is 26.1 Å². The van der Waals surface area contributed by atoms with Crippen molar-refractivity contribution < 1.29 is 13.3 Å². The summed E-state index contributed by atoms with van der Waals surface area (Å²) < 4.78 is 29.4. The van der Waals surface area contributed by atoms with Crippen LogP contribution in [0, 0.1) is 17.0 Å². The molecule has 4 rings (SSSR count). The van der Waals surface area contributed by atoms with Crippen molar-refractivity contribution in [2.75, 3.05) is 18.1 Å². The minimum absolute atomic E-state index is 0.0452. The molecule has 1 saturated heterocycles. The highest BCUT2D eigenvalue weighted by Gasteiger charge is 2.53. The quantitative estimate of drug-likeness (QED) is 0.292. The molecular weight excluding hydrogens is 460 g/mol. The number of nitrogens with one attached hydrogen (secondary N) is 2. The monoisotopic (exact) mass is 484 g/mol. The minimum Gasteiger partial charge on any atom is -0.345 e. The molecule has 2 N–H and O–H groups in total. The van der Waals surface area contributed by atoms with Crippen LogP contribution >= 0.6 is 11.8 Å². The highest BCUT2D eigenvalue weighted by molar-refractivity contribution is 8.01. The second-order valence-electron chi connectivity index (χ2n) is 7.70. The first-order chi connectivity index (χ1) is 15.8. The molecule has 1 heterocycles. The zero-order chi connectivity index (χ0) is 23.6. The Balaban J connectivity index is 1.83. The molecule has 0 aliphatic carbocycles. The normalized spacial score (nSPS) is 21.1. The average molecular weight is 485 g/mol. The summed E-state index contributed by atoms with van der Waals surface area (Å²) in [6.07, 6.45) is 1.83. The molecule has 33 heavy (non-hydrogen) atoms. The van der Waals surface area contributed by atoms with E-state index in [2.05, 4.69) is 10.6 Å². The Morgan fingerprint density at radius 3 is 2.27 bits per heavy atom. The van der Waals surface area contributed by atoms with Crippen molar-refractivity contribution in [1.29, 1.82) is 0 Å². The molecule has 0 bridgehead atoms. The van der Waals surface area contributed by atoms with Gasteiger partial charge in [-0.2, -0.15) is 0 Å². The lowest BCUT2D eigenvalue weighted by Crippen LogP contribution is -2.57. The topological polar surface area (TPSA) is 105 Å². The molecule has 1 aliphatic rings. The first kappa shape index (κ1) is 23.2. The number of hydrogen-bond acceptors (Lipinski definition) is 7. The summed E-state index contributed by atoms with van der Waals surface area (Å²) in [5, 5.41) is 16.6. The molecule has 172 valence electrons. The van der Waals surface area contributed by atoms with E-state index in [0.29, 0.717) is 12.1 Å². The maximum atomic E-state index is 14.0. The number of para-hydroxylation sites is 1. The molecule has 0 amide bonds. The number of non-ortho nitro benzene ring substituents is 1. The summed E-state index contributed by atoms with van der Waals surface area (Å²) in [5.41, 5.74) is 2.33. The summed E-state index contributed by atoms with van der Waals surface area (Å²) >= 11 is 1.33. The van der Waals surface area contributed by atoms with Crippen LogP contribution in [-0.2, 0) is 10.0 Å². The minimum atomic E-state index is -3.97. The molecular formula is C23H24N4O4S2. The molecule has 2 unspecified atom stereocenters. The van der Waals surface area contributed by atoms with Gasteiger partial charge in [-0.15, -0.1) is 16.1 Å². The number of hydrogen-bond donors (Lipinski definition) is 2. The van der Waals surface area contributed by atoms with Crippen molar-refractivity contribution in [3.05, 3.63) is 100 Å². The molecule has 1 fully saturated rings. The maximum absolute atomic E-state index is 14.0. The fourth-order valence-corrected chi connectivity index (χ4v) is 6.84. The van der Waals surface area contributed by atoms with Gasteiger partial charge in [-0.25, -0.2) is 8.42 Å². The van der Waals surface area contributed by atoms with Crippen molar-refractivity contribution in [1.82, 2.24) is 9.62 Å². The lowest BCUT2D eigenvalue weighted by Gasteiger charge is -2.39. The predicted octanol–water partition coefficient (Wildman–Crippen LogP) is 4.32. The Hall–Kier alpha value is -2.92. The molecule has 8 nitrogen and oxygen atoms in total. The van der Waals surface area contributed by atoms with Crippen LogP contribution in [-0.4, -0.2) is 35.6 Å². The van der Waals surface area contributed by atoms with E-state index in [-0.39, 0.29) is 10.6 Å². The Labute approximate surface area is 197 Å². The number of thioether (sulfide) groups is 1. The Bertz CT molecular complexity index is 1240. The van der Waals surface area contributed by atoms with Crippen molar-refractivity contribution in [2.45, 2.75) is 23.0 Å². The molecule has 10 heteroatoms. The van der Waals surface area contributed by atoms with Gasteiger partial charge in [0.15, 0.2) is 0 Å². The smallest absolute Gasteiger partial charge is 0.269 e. The molecule has 2 atom stereocenters. The number of aryl methyl sites for hydroxylation is 1. The summed E-state index contributed by atoms with van der Waals surface area (Å²) in [6.45, 7) is 2.22. The Kier molecular flexibility index (Phi) is 6.44. The van der Waals surface area contributed by atoms with Gasteiger partial charge in [0.2, 0.25) is 15.1 Å². The van der Waals surface area contributed by atoms with Crippen LogP contribution in [0.2, 0.25) is 0 Å². The van der Waals surface area contributed by atoms with Gasteiger partial charge in [0.05, 0.1) is 15.9 Å². The highest BCUT2D eigenvalue weighted by Crippen LogP contribution is 2.43. The zero-order valence-corrected chi connectivity index (χ0v) is 19.8. The van der Waals surface area contributed by atoms with Gasteiger partial charge in [0.1, 0.15) is 0 Å². The standard InChI is InChI=1S/C23H24N4O4S2/c1-17-8-14-21(15-9-17)33(30,31)26-22(18-10-12-20(13-11-18)27(28)29)16-24-23(26,32-2)25-19-6-4-3-5-7-19/h3-15,22,24-25H,16H2,1-2H3. The molecule has 3 aromatic carbocycles. The Morgan fingerprint density at radius 1 is 1.06 bits per heavy atom. The molecule has 0 spiro atoms. The number of anilines is 1. The number of nitro groups is 1. The van der Waals surface area contributed by atoms with Crippen molar-refractivity contribution in [3.63, 3.8) is 0 Å². The van der Waals surface area contributed by atoms with Gasteiger partial charge in [-0.1, -0.05) is 48.0 Å². The molecule has 0 radical (unpaired) electrons. The van der Waals surface area contributed by atoms with Crippen LogP contribution in [0.5, 0.6) is 0 Å². The average Bonchev–Trinajstić information content (AvgIpc) is 3.20. The highest BCUT2D eigenvalue weighted by atomic mass is 32.2. The number of nitrogens with zero attached hydrogens (tertiary/aromatic N) is 2. The van der Waals surface area contributed by atoms with Crippen LogP contribution in [0.4, 0.5) is 11.4 Å². The fourth-order valence-electron chi connectivity index (χ4n) is 3.88. The van der Waals surface area contributed by atoms with E-state index in [1.165, 1.54) is 28.2 Å². The Morgan fingerprint density at radius 2 is 1.70 bits per heavy atom. The predicted molar refractivity (Wildman–Crippen MR) is 130 cm³/mol. The van der Waals surface area contributed by atoms with Crippen LogP contribution in [0.25, 0.3) is 0 Å². The van der Waals surface area contributed by atoms with Crippen LogP contribution in [0.1, 0.15) is 17.2 Å². The third-order valence-electron chi connectivity index (χ3n) is 5.58. The third-order valence-corrected chi connectivity index (χ3v) is 8.64. The third kappa shape index (κ3) is 4.47. The fraction of sp³-hybridized carbons (Fsp3) is 0.217. The first-order valence-corrected chi connectivity index (χ1v) is 12.9. The summed E-state index contributed by atoms with van der Waals surface area (Å²) in [4.78, 5) is 10.8. The number of benzene rings is 3. The van der Waals surface area contributed by atoms with Gasteiger partial charge >= 0.3 is 0 Å². The summed E-state index contributed by atoms with van der Waals surface area (Å²) in [6, 6.07) is 21.5. The van der Waals surface area contributed by atoms with E-state index in [1.54, 1.807) is 36.4 Å². The van der Waals surface area contributed by atoms with Crippen LogP contribution in [0.15, 0.2) is 83.8 Å². The van der Waals surface area contributed by atoms with E-state index in [4.69, 9.17) is 0 Å². The SMILES string of the molecule is CSC1(Nc2ccccc2)NCC(c2ccc([N+](=O)[O-])cc2)N1S(=O)(=O)c1ccc(C)cc1. The molecule has 0 aromatic heterocycles. The zero-order valence-electron chi connectivity index (χ0n) is 18.1. The van der Waals surface area contributed by atoms with Crippen molar-refractivity contribution in [3.8, 4) is 0 Å².